The van der Waals surface area contributed by atoms with E-state index in [0.717, 1.165) is 0 Å². The highest BCUT2D eigenvalue weighted by Gasteiger charge is 2.35. The zero-order valence-electron chi connectivity index (χ0n) is 12.5. The summed E-state index contributed by atoms with van der Waals surface area (Å²) in [6.07, 6.45) is 9.24. The van der Waals surface area contributed by atoms with Crippen molar-refractivity contribution in [3.05, 3.63) is 30.1 Å². The first-order chi connectivity index (χ1) is 9.16. The lowest BCUT2D eigenvalue weighted by Gasteiger charge is -2.44. The van der Waals surface area contributed by atoms with Crippen molar-refractivity contribution in [2.45, 2.75) is 51.1 Å². The van der Waals surface area contributed by atoms with Crippen molar-refractivity contribution < 1.29 is 0 Å². The lowest BCUT2D eigenvalue weighted by Crippen LogP contribution is -2.52. The molecule has 3 heteroatoms. The van der Waals surface area contributed by atoms with E-state index >= 15 is 0 Å². The number of rotatable bonds is 4. The highest BCUT2D eigenvalue weighted by atomic mass is 15.2. The largest absolute Gasteiger partial charge is 0.311 e. The molecule has 1 N–H and O–H groups in total. The summed E-state index contributed by atoms with van der Waals surface area (Å²) in [5.41, 5.74) is 1.39. The first-order valence-electron chi connectivity index (χ1n) is 7.48. The maximum atomic E-state index is 4.27. The monoisotopic (exact) mass is 261 g/mol. The smallest absolute Gasteiger partial charge is 0.0514 e. The van der Waals surface area contributed by atoms with Gasteiger partial charge in [0.05, 0.1) is 6.04 Å². The number of hydrogen-bond acceptors (Lipinski definition) is 3. The lowest BCUT2D eigenvalue weighted by atomic mass is 9.87. The van der Waals surface area contributed by atoms with Crippen molar-refractivity contribution in [2.75, 3.05) is 20.1 Å². The molecule has 1 aromatic rings. The summed E-state index contributed by atoms with van der Waals surface area (Å²) < 4.78 is 0. The van der Waals surface area contributed by atoms with Gasteiger partial charge in [-0.25, -0.2) is 0 Å². The fourth-order valence-electron chi connectivity index (χ4n) is 3.30. The van der Waals surface area contributed by atoms with Gasteiger partial charge in [0.25, 0.3) is 0 Å². The molecule has 1 fully saturated rings. The van der Waals surface area contributed by atoms with Crippen LogP contribution in [0.5, 0.6) is 0 Å². The van der Waals surface area contributed by atoms with Gasteiger partial charge in [-0.1, -0.05) is 18.9 Å². The Morgan fingerprint density at radius 3 is 2.42 bits per heavy atom. The average molecular weight is 261 g/mol. The number of hydrogen-bond donors (Lipinski definition) is 1. The van der Waals surface area contributed by atoms with Crippen LogP contribution in [0.1, 0.15) is 51.1 Å². The Morgan fingerprint density at radius 2 is 1.89 bits per heavy atom. The number of likely N-dealkylation sites (tertiary alicyclic amines) is 1. The third kappa shape index (κ3) is 3.34. The molecule has 0 saturated carbocycles. The Hall–Kier alpha value is -0.930. The molecule has 0 amide bonds. The van der Waals surface area contributed by atoms with Crippen LogP contribution in [0.4, 0.5) is 0 Å². The fraction of sp³-hybridized carbons (Fsp3) is 0.688. The van der Waals surface area contributed by atoms with Crippen molar-refractivity contribution in [3.63, 3.8) is 0 Å². The summed E-state index contributed by atoms with van der Waals surface area (Å²) in [5.74, 6) is 0. The molecule has 0 spiro atoms. The molecule has 1 atom stereocenters. The van der Waals surface area contributed by atoms with Crippen molar-refractivity contribution in [1.82, 2.24) is 15.2 Å². The molecule has 1 unspecified atom stereocenters. The molecule has 1 saturated heterocycles. The van der Waals surface area contributed by atoms with E-state index < -0.39 is 0 Å². The van der Waals surface area contributed by atoms with E-state index in [1.807, 2.05) is 18.5 Å². The third-order valence-electron chi connectivity index (χ3n) is 4.43. The zero-order chi connectivity index (χ0) is 13.7. The molecule has 1 aromatic heterocycles. The van der Waals surface area contributed by atoms with Crippen LogP contribution >= 0.6 is 0 Å². The second-order valence-electron chi connectivity index (χ2n) is 6.06. The molecule has 3 nitrogen and oxygen atoms in total. The molecule has 106 valence electrons. The number of aromatic nitrogens is 1. The number of likely N-dealkylation sites (N-methyl/N-ethyl adjacent to an activating group) is 1. The molecule has 2 rings (SSSR count). The molecule has 1 aliphatic heterocycles. The minimum absolute atomic E-state index is 0.113. The van der Waals surface area contributed by atoms with Crippen LogP contribution in [-0.4, -0.2) is 35.6 Å². The van der Waals surface area contributed by atoms with Crippen LogP contribution in [0.3, 0.4) is 0 Å². The molecular weight excluding hydrogens is 234 g/mol. The topological polar surface area (TPSA) is 28.2 Å². The van der Waals surface area contributed by atoms with Crippen LogP contribution in [0, 0.1) is 0 Å². The summed E-state index contributed by atoms with van der Waals surface area (Å²) in [6.45, 7) is 7.13. The summed E-state index contributed by atoms with van der Waals surface area (Å²) in [7, 11) is 2.05. The first kappa shape index (κ1) is 14.5. The number of nitrogens with one attached hydrogen (secondary N) is 1. The van der Waals surface area contributed by atoms with Crippen LogP contribution in [0.2, 0.25) is 0 Å². The van der Waals surface area contributed by atoms with Crippen LogP contribution < -0.4 is 5.32 Å². The van der Waals surface area contributed by atoms with E-state index in [2.05, 4.69) is 42.2 Å². The van der Waals surface area contributed by atoms with Gasteiger partial charge in [0, 0.05) is 17.9 Å². The van der Waals surface area contributed by atoms with Gasteiger partial charge in [0.1, 0.15) is 0 Å². The van der Waals surface area contributed by atoms with Gasteiger partial charge in [-0.3, -0.25) is 9.88 Å². The van der Waals surface area contributed by atoms with Gasteiger partial charge < -0.3 is 5.32 Å². The van der Waals surface area contributed by atoms with E-state index in [1.54, 1.807) is 0 Å². The average Bonchev–Trinajstić information content (AvgIpc) is 2.70. The first-order valence-corrected chi connectivity index (χ1v) is 7.48. The maximum Gasteiger partial charge on any atom is 0.0514 e. The van der Waals surface area contributed by atoms with Gasteiger partial charge >= 0.3 is 0 Å². The minimum atomic E-state index is 0.113. The number of nitrogens with zero attached hydrogens (tertiary/aromatic N) is 2. The summed E-state index contributed by atoms with van der Waals surface area (Å²) >= 11 is 0. The normalized spacial score (nSPS) is 19.9. The Balaban J connectivity index is 2.19. The molecule has 19 heavy (non-hydrogen) atoms. The Bertz CT molecular complexity index is 367. The van der Waals surface area contributed by atoms with Gasteiger partial charge in [-0.15, -0.1) is 0 Å². The Morgan fingerprint density at radius 1 is 1.21 bits per heavy atom. The van der Waals surface area contributed by atoms with Crippen LogP contribution in [0.25, 0.3) is 0 Å². The lowest BCUT2D eigenvalue weighted by molar-refractivity contribution is 0.0863. The second kappa shape index (κ2) is 6.49. The predicted octanol–water partition coefficient (Wildman–Crippen LogP) is 3.00. The minimum Gasteiger partial charge on any atom is -0.311 e. The molecule has 0 radical (unpaired) electrons. The molecule has 0 aromatic carbocycles. The zero-order valence-corrected chi connectivity index (χ0v) is 12.5. The summed E-state index contributed by atoms with van der Waals surface area (Å²) in [4.78, 5) is 6.92. The quantitative estimate of drug-likeness (QED) is 0.903. The number of pyridine rings is 1. The van der Waals surface area contributed by atoms with Crippen LogP contribution in [-0.2, 0) is 0 Å². The Labute approximate surface area is 117 Å². The highest BCUT2D eigenvalue weighted by Crippen LogP contribution is 2.32. The van der Waals surface area contributed by atoms with E-state index in [9.17, 15) is 0 Å². The predicted molar refractivity (Wildman–Crippen MR) is 80.2 cm³/mol. The standard InChI is InChI=1S/C16H27N3/c1-16(2,19-11-6-4-5-7-12-19)15(17-3)14-9-8-10-18-13-14/h8-10,13,15,17H,4-7,11-12H2,1-3H3. The third-order valence-corrected chi connectivity index (χ3v) is 4.43. The van der Waals surface area contributed by atoms with Crippen molar-refractivity contribution in [1.29, 1.82) is 0 Å². The van der Waals surface area contributed by atoms with Crippen molar-refractivity contribution >= 4 is 0 Å². The Kier molecular flexibility index (Phi) is 4.94. The van der Waals surface area contributed by atoms with Crippen molar-refractivity contribution in [2.24, 2.45) is 0 Å². The summed E-state index contributed by atoms with van der Waals surface area (Å²) in [5, 5.41) is 3.49. The maximum absolute atomic E-state index is 4.27. The van der Waals surface area contributed by atoms with E-state index in [-0.39, 0.29) is 5.54 Å². The molecule has 0 aliphatic carbocycles. The summed E-state index contributed by atoms with van der Waals surface area (Å²) in [6, 6.07) is 4.52. The van der Waals surface area contributed by atoms with E-state index in [4.69, 9.17) is 0 Å². The second-order valence-corrected chi connectivity index (χ2v) is 6.06. The van der Waals surface area contributed by atoms with Crippen LogP contribution in [0.15, 0.2) is 24.5 Å². The highest BCUT2D eigenvalue weighted by molar-refractivity contribution is 5.18. The fourth-order valence-corrected chi connectivity index (χ4v) is 3.30. The van der Waals surface area contributed by atoms with E-state index in [0.29, 0.717) is 6.04 Å². The van der Waals surface area contributed by atoms with Gasteiger partial charge in [-0.2, -0.15) is 0 Å². The SMILES string of the molecule is CNC(c1cccnc1)C(C)(C)N1CCCCCC1. The molecular formula is C16H27N3. The van der Waals surface area contributed by atoms with Gasteiger partial charge in [-0.05, 0) is 58.5 Å². The molecule has 2 heterocycles. The molecule has 1 aliphatic rings. The molecule has 0 bridgehead atoms. The van der Waals surface area contributed by atoms with Gasteiger partial charge in [0.15, 0.2) is 0 Å². The van der Waals surface area contributed by atoms with E-state index in [1.165, 1.54) is 44.3 Å². The van der Waals surface area contributed by atoms with Crippen molar-refractivity contribution in [3.8, 4) is 0 Å². The van der Waals surface area contributed by atoms with Gasteiger partial charge in [0.2, 0.25) is 0 Å².